The van der Waals surface area contributed by atoms with Gasteiger partial charge in [-0.1, -0.05) is 24.4 Å². The Kier molecular flexibility index (Phi) is 5.24. The summed E-state index contributed by atoms with van der Waals surface area (Å²) in [5.74, 6) is -0.199. The van der Waals surface area contributed by atoms with Gasteiger partial charge in [-0.15, -0.1) is 0 Å². The van der Waals surface area contributed by atoms with Crippen molar-refractivity contribution >= 4 is 27.5 Å². The van der Waals surface area contributed by atoms with Gasteiger partial charge in [-0.05, 0) is 38.1 Å². The molecule has 0 bridgehead atoms. The fourth-order valence-electron chi connectivity index (χ4n) is 2.40. The molecule has 21 heavy (non-hydrogen) atoms. The molecule has 116 valence electrons. The third kappa shape index (κ3) is 3.75. The first kappa shape index (κ1) is 16.3. The molecule has 1 amide bonds. The first-order valence-corrected chi connectivity index (χ1v) is 8.84. The Morgan fingerprint density at radius 2 is 1.81 bits per heavy atom. The monoisotopic (exact) mass is 330 g/mol. The Labute approximate surface area is 130 Å². The van der Waals surface area contributed by atoms with Gasteiger partial charge in [0.05, 0.1) is 15.5 Å². The van der Waals surface area contributed by atoms with Crippen LogP contribution in [0.4, 0.5) is 0 Å². The summed E-state index contributed by atoms with van der Waals surface area (Å²) in [6.07, 6.45) is 4.17. The van der Waals surface area contributed by atoms with Crippen LogP contribution in [0.3, 0.4) is 0 Å². The van der Waals surface area contributed by atoms with Gasteiger partial charge in [-0.3, -0.25) is 4.79 Å². The second-order valence-corrected chi connectivity index (χ2v) is 7.35. The van der Waals surface area contributed by atoms with Crippen molar-refractivity contribution in [3.63, 3.8) is 0 Å². The third-order valence-electron chi connectivity index (χ3n) is 3.64. The molecule has 1 N–H and O–H groups in total. The van der Waals surface area contributed by atoms with Crippen molar-refractivity contribution in [2.24, 2.45) is 0 Å². The van der Waals surface area contributed by atoms with Crippen LogP contribution in [0.1, 0.15) is 36.0 Å². The summed E-state index contributed by atoms with van der Waals surface area (Å²) in [5.41, 5.74) is 0.245. The first-order chi connectivity index (χ1) is 9.95. The van der Waals surface area contributed by atoms with Crippen LogP contribution in [0, 0.1) is 0 Å². The van der Waals surface area contributed by atoms with Crippen molar-refractivity contribution in [3.05, 3.63) is 28.8 Å². The highest BCUT2D eigenvalue weighted by Gasteiger charge is 2.22. The van der Waals surface area contributed by atoms with E-state index in [9.17, 15) is 13.2 Å². The zero-order valence-corrected chi connectivity index (χ0v) is 13.5. The predicted octanol–water partition coefficient (Wildman–Crippen LogP) is 2.26. The van der Waals surface area contributed by atoms with Crippen molar-refractivity contribution in [1.29, 1.82) is 0 Å². The van der Waals surface area contributed by atoms with Crippen LogP contribution < -0.4 is 4.72 Å². The SMILES string of the molecule is CNS(=O)(=O)c1ccc(Cl)c(C(=O)N2CCCCCC2)c1. The van der Waals surface area contributed by atoms with Gasteiger partial charge in [-0.2, -0.15) is 0 Å². The zero-order valence-electron chi connectivity index (χ0n) is 11.9. The van der Waals surface area contributed by atoms with E-state index in [-0.39, 0.29) is 21.4 Å². The molecule has 0 aromatic heterocycles. The number of likely N-dealkylation sites (tertiary alicyclic amines) is 1. The normalized spacial score (nSPS) is 16.6. The van der Waals surface area contributed by atoms with E-state index in [2.05, 4.69) is 4.72 Å². The average Bonchev–Trinajstić information content (AvgIpc) is 2.76. The van der Waals surface area contributed by atoms with Gasteiger partial charge in [-0.25, -0.2) is 13.1 Å². The lowest BCUT2D eigenvalue weighted by atomic mass is 10.2. The number of nitrogens with one attached hydrogen (secondary N) is 1. The highest BCUT2D eigenvalue weighted by Crippen LogP contribution is 2.23. The fourth-order valence-corrected chi connectivity index (χ4v) is 3.35. The number of nitrogens with zero attached hydrogens (tertiary/aromatic N) is 1. The maximum absolute atomic E-state index is 12.6. The van der Waals surface area contributed by atoms with Gasteiger partial charge in [0.1, 0.15) is 0 Å². The summed E-state index contributed by atoms with van der Waals surface area (Å²) in [4.78, 5) is 14.4. The Bertz CT molecular complexity index is 623. The number of rotatable bonds is 3. The number of benzene rings is 1. The predicted molar refractivity (Wildman–Crippen MR) is 82.1 cm³/mol. The van der Waals surface area contributed by atoms with Crippen molar-refractivity contribution in [2.75, 3.05) is 20.1 Å². The van der Waals surface area contributed by atoms with E-state index in [1.165, 1.54) is 25.2 Å². The quantitative estimate of drug-likeness (QED) is 0.924. The molecule has 1 aliphatic heterocycles. The van der Waals surface area contributed by atoms with Gasteiger partial charge >= 0.3 is 0 Å². The number of hydrogen-bond acceptors (Lipinski definition) is 3. The van der Waals surface area contributed by atoms with Crippen LogP contribution in [0.25, 0.3) is 0 Å². The Morgan fingerprint density at radius 3 is 2.38 bits per heavy atom. The van der Waals surface area contributed by atoms with Crippen LogP contribution in [-0.2, 0) is 10.0 Å². The standard InChI is InChI=1S/C14H19ClN2O3S/c1-16-21(19,20)11-6-7-13(15)12(10-11)14(18)17-8-4-2-3-5-9-17/h6-7,10,16H,2-5,8-9H2,1H3. The van der Waals surface area contributed by atoms with Crippen molar-refractivity contribution < 1.29 is 13.2 Å². The summed E-state index contributed by atoms with van der Waals surface area (Å²) >= 11 is 6.08. The lowest BCUT2D eigenvalue weighted by Crippen LogP contribution is -2.32. The minimum absolute atomic E-state index is 0.0487. The van der Waals surface area contributed by atoms with Crippen LogP contribution in [-0.4, -0.2) is 39.4 Å². The number of carbonyl (C=O) groups is 1. The van der Waals surface area contributed by atoms with E-state index in [4.69, 9.17) is 11.6 Å². The molecule has 0 unspecified atom stereocenters. The van der Waals surface area contributed by atoms with E-state index < -0.39 is 10.0 Å². The van der Waals surface area contributed by atoms with Crippen LogP contribution in [0.15, 0.2) is 23.1 Å². The molecule has 0 aliphatic carbocycles. The highest BCUT2D eigenvalue weighted by molar-refractivity contribution is 7.89. The summed E-state index contributed by atoms with van der Waals surface area (Å²) in [7, 11) is -2.25. The Morgan fingerprint density at radius 1 is 1.19 bits per heavy atom. The van der Waals surface area contributed by atoms with Gasteiger partial charge in [0.15, 0.2) is 0 Å². The van der Waals surface area contributed by atoms with Crippen molar-refractivity contribution in [3.8, 4) is 0 Å². The zero-order chi connectivity index (χ0) is 15.5. The van der Waals surface area contributed by atoms with Crippen molar-refractivity contribution in [2.45, 2.75) is 30.6 Å². The highest BCUT2D eigenvalue weighted by atomic mass is 35.5. The van der Waals surface area contributed by atoms with Crippen molar-refractivity contribution in [1.82, 2.24) is 9.62 Å². The van der Waals surface area contributed by atoms with Crippen LogP contribution in [0.2, 0.25) is 5.02 Å². The molecule has 1 aromatic rings. The number of amides is 1. The summed E-state index contributed by atoms with van der Waals surface area (Å²) in [5, 5.41) is 0.277. The fraction of sp³-hybridized carbons (Fsp3) is 0.500. The smallest absolute Gasteiger partial charge is 0.255 e. The van der Waals surface area contributed by atoms with Crippen LogP contribution in [0.5, 0.6) is 0 Å². The number of hydrogen-bond donors (Lipinski definition) is 1. The molecule has 5 nitrogen and oxygen atoms in total. The van der Waals surface area contributed by atoms with Crippen LogP contribution >= 0.6 is 11.6 Å². The van der Waals surface area contributed by atoms with E-state index >= 15 is 0 Å². The molecular formula is C14H19ClN2O3S. The molecule has 1 saturated heterocycles. The maximum Gasteiger partial charge on any atom is 0.255 e. The first-order valence-electron chi connectivity index (χ1n) is 6.98. The molecular weight excluding hydrogens is 312 g/mol. The molecule has 1 aliphatic rings. The van der Waals surface area contributed by atoms with E-state index in [0.29, 0.717) is 13.1 Å². The second kappa shape index (κ2) is 6.77. The Balaban J connectivity index is 2.34. The topological polar surface area (TPSA) is 66.5 Å². The third-order valence-corrected chi connectivity index (χ3v) is 5.38. The molecule has 0 saturated carbocycles. The lowest BCUT2D eigenvalue weighted by molar-refractivity contribution is 0.0761. The minimum atomic E-state index is -3.59. The molecule has 2 rings (SSSR count). The molecule has 7 heteroatoms. The molecule has 1 fully saturated rings. The molecule has 0 radical (unpaired) electrons. The summed E-state index contributed by atoms with van der Waals surface area (Å²) < 4.78 is 25.9. The van der Waals surface area contributed by atoms with Gasteiger partial charge < -0.3 is 4.90 Å². The van der Waals surface area contributed by atoms with E-state index in [0.717, 1.165) is 25.7 Å². The minimum Gasteiger partial charge on any atom is -0.339 e. The van der Waals surface area contributed by atoms with E-state index in [1.807, 2.05) is 0 Å². The van der Waals surface area contributed by atoms with Gasteiger partial charge in [0.2, 0.25) is 10.0 Å². The second-order valence-electron chi connectivity index (χ2n) is 5.06. The lowest BCUT2D eigenvalue weighted by Gasteiger charge is -2.21. The van der Waals surface area contributed by atoms with Gasteiger partial charge in [0, 0.05) is 13.1 Å². The van der Waals surface area contributed by atoms with E-state index in [1.54, 1.807) is 4.90 Å². The summed E-state index contributed by atoms with van der Waals surface area (Å²) in [6, 6.07) is 4.20. The largest absolute Gasteiger partial charge is 0.339 e. The Hall–Kier alpha value is -1.11. The average molecular weight is 331 g/mol. The molecule has 0 spiro atoms. The van der Waals surface area contributed by atoms with Gasteiger partial charge in [0.25, 0.3) is 5.91 Å². The number of sulfonamides is 1. The molecule has 1 aromatic carbocycles. The number of halogens is 1. The molecule has 0 atom stereocenters. The maximum atomic E-state index is 12.6. The summed E-state index contributed by atoms with van der Waals surface area (Å²) in [6.45, 7) is 1.39. The molecule has 1 heterocycles. The number of carbonyl (C=O) groups excluding carboxylic acids is 1.